The summed E-state index contributed by atoms with van der Waals surface area (Å²) in [7, 11) is -3.56. The van der Waals surface area contributed by atoms with E-state index in [2.05, 4.69) is 48.5 Å². The van der Waals surface area contributed by atoms with Crippen LogP contribution in [0.2, 0.25) is 0 Å². The third-order valence-electron chi connectivity index (χ3n) is 9.29. The van der Waals surface area contributed by atoms with Gasteiger partial charge < -0.3 is 9.05 Å². The second kappa shape index (κ2) is 14.1. The van der Waals surface area contributed by atoms with Crippen LogP contribution < -0.4 is 9.05 Å². The number of hydrogen-bond acceptors (Lipinski definition) is 6. The maximum absolute atomic E-state index is 6.84. The zero-order valence-corrected chi connectivity index (χ0v) is 29.5. The van der Waals surface area contributed by atoms with Gasteiger partial charge >= 0.3 is 17.2 Å². The van der Waals surface area contributed by atoms with Crippen LogP contribution in [0.5, 0.6) is 11.5 Å². The summed E-state index contributed by atoms with van der Waals surface area (Å²) in [4.78, 5) is 0. The van der Waals surface area contributed by atoms with E-state index < -0.39 is 28.4 Å². The first kappa shape index (κ1) is 32.8. The van der Waals surface area contributed by atoms with Crippen LogP contribution in [0.1, 0.15) is 36.1 Å². The van der Waals surface area contributed by atoms with Crippen LogP contribution in [0.3, 0.4) is 0 Å². The maximum atomic E-state index is 6.84. The summed E-state index contributed by atoms with van der Waals surface area (Å²) in [6, 6.07) is 56.6. The second-order valence-corrected chi connectivity index (χ2v) is 14.3. The fraction of sp³-hybridized carbons (Fsp3) is 0.143. The Morgan fingerprint density at radius 1 is 0.400 bits per heavy atom. The standard InChI is InChI=1S/C42H36O6P2/c1-31-41(33-19-7-3-8-20-33,34-21-9-4-10-22-34)47-49(43-31)45-39-29-17-15-27-37(39)38-28-16-18-30-40(38)46-50-44-32(2)42(48-50,35-23-11-5-12-24-35)36-25-13-6-14-26-36/h3-32H,1-2H3. The minimum Gasteiger partial charge on any atom is -0.426 e. The number of para-hydroxylation sites is 2. The van der Waals surface area contributed by atoms with Crippen molar-refractivity contribution in [2.24, 2.45) is 0 Å². The van der Waals surface area contributed by atoms with Gasteiger partial charge in [0.15, 0.2) is 11.2 Å². The molecule has 4 atom stereocenters. The zero-order valence-electron chi connectivity index (χ0n) is 27.7. The summed E-state index contributed by atoms with van der Waals surface area (Å²) in [5.74, 6) is 1.24. The van der Waals surface area contributed by atoms with Crippen molar-refractivity contribution in [3.8, 4) is 22.6 Å². The van der Waals surface area contributed by atoms with Crippen LogP contribution in [0.25, 0.3) is 11.1 Å². The van der Waals surface area contributed by atoms with E-state index in [4.69, 9.17) is 27.1 Å². The molecule has 0 spiro atoms. The van der Waals surface area contributed by atoms with Gasteiger partial charge in [-0.3, -0.25) is 18.1 Å². The van der Waals surface area contributed by atoms with Gasteiger partial charge in [-0.2, -0.15) is 0 Å². The third kappa shape index (κ3) is 5.93. The summed E-state index contributed by atoms with van der Waals surface area (Å²) in [6.45, 7) is 4.08. The molecule has 0 aromatic heterocycles. The summed E-state index contributed by atoms with van der Waals surface area (Å²) in [5, 5.41) is 0. The normalized spacial score (nSPS) is 22.2. The minimum absolute atomic E-state index is 0.308. The van der Waals surface area contributed by atoms with Crippen LogP contribution in [-0.2, 0) is 29.3 Å². The van der Waals surface area contributed by atoms with Crippen molar-refractivity contribution in [3.63, 3.8) is 0 Å². The maximum Gasteiger partial charge on any atom is 0.398 e. The van der Waals surface area contributed by atoms with Gasteiger partial charge in [0, 0.05) is 11.1 Å². The second-order valence-electron chi connectivity index (χ2n) is 12.2. The predicted octanol–water partition coefficient (Wildman–Crippen LogP) is 11.3. The largest absolute Gasteiger partial charge is 0.426 e. The predicted molar refractivity (Wildman–Crippen MR) is 198 cm³/mol. The molecule has 2 fully saturated rings. The van der Waals surface area contributed by atoms with Gasteiger partial charge in [-0.25, -0.2) is 0 Å². The van der Waals surface area contributed by atoms with Crippen molar-refractivity contribution in [1.29, 1.82) is 0 Å². The van der Waals surface area contributed by atoms with Gasteiger partial charge in [0.05, 0.1) is 0 Å². The molecule has 8 heteroatoms. The smallest absolute Gasteiger partial charge is 0.398 e. The highest BCUT2D eigenvalue weighted by atomic mass is 31.2. The lowest BCUT2D eigenvalue weighted by Gasteiger charge is -2.31. The summed E-state index contributed by atoms with van der Waals surface area (Å²) < 4.78 is 39.9. The van der Waals surface area contributed by atoms with E-state index in [1.54, 1.807) is 0 Å². The topological polar surface area (TPSA) is 55.4 Å². The summed E-state index contributed by atoms with van der Waals surface area (Å²) in [6.07, 6.45) is -0.616. The van der Waals surface area contributed by atoms with Crippen LogP contribution in [0, 0.1) is 0 Å². The van der Waals surface area contributed by atoms with Crippen LogP contribution in [0.4, 0.5) is 0 Å². The Morgan fingerprint density at radius 3 is 1.00 bits per heavy atom. The molecule has 0 aliphatic carbocycles. The third-order valence-corrected chi connectivity index (χ3v) is 11.8. The molecule has 2 heterocycles. The average molecular weight is 699 g/mol. The zero-order chi connectivity index (χ0) is 34.0. The molecule has 2 aliphatic rings. The molecule has 2 saturated heterocycles. The van der Waals surface area contributed by atoms with E-state index in [1.165, 1.54) is 0 Å². The van der Waals surface area contributed by atoms with Crippen molar-refractivity contribution < 1.29 is 27.1 Å². The van der Waals surface area contributed by atoms with Crippen LogP contribution in [0.15, 0.2) is 170 Å². The minimum atomic E-state index is -1.78. The van der Waals surface area contributed by atoms with Crippen molar-refractivity contribution in [3.05, 3.63) is 192 Å². The molecule has 50 heavy (non-hydrogen) atoms. The molecule has 0 bridgehead atoms. The van der Waals surface area contributed by atoms with Gasteiger partial charge in [-0.15, -0.1) is 0 Å². The fourth-order valence-corrected chi connectivity index (χ4v) is 9.73. The first-order valence-corrected chi connectivity index (χ1v) is 18.9. The fourth-order valence-electron chi connectivity index (χ4n) is 6.84. The number of benzene rings is 6. The Bertz CT molecular complexity index is 1800. The molecule has 4 unspecified atom stereocenters. The van der Waals surface area contributed by atoms with E-state index >= 15 is 0 Å². The van der Waals surface area contributed by atoms with Gasteiger partial charge in [0.25, 0.3) is 0 Å². The monoisotopic (exact) mass is 698 g/mol. The highest BCUT2D eigenvalue weighted by molar-refractivity contribution is 7.42. The van der Waals surface area contributed by atoms with Crippen LogP contribution in [-0.4, -0.2) is 12.2 Å². The summed E-state index contributed by atoms with van der Waals surface area (Å²) >= 11 is 0. The molecule has 0 N–H and O–H groups in total. The van der Waals surface area contributed by atoms with Crippen molar-refractivity contribution in [1.82, 2.24) is 0 Å². The first-order valence-electron chi connectivity index (χ1n) is 16.7. The Morgan fingerprint density at radius 2 is 0.680 bits per heavy atom. The molecule has 250 valence electrons. The van der Waals surface area contributed by atoms with Crippen LogP contribution >= 0.6 is 17.2 Å². The van der Waals surface area contributed by atoms with E-state index in [9.17, 15) is 0 Å². The molecule has 8 rings (SSSR count). The summed E-state index contributed by atoms with van der Waals surface area (Å²) in [5.41, 5.74) is 4.05. The van der Waals surface area contributed by atoms with E-state index in [0.717, 1.165) is 33.4 Å². The lowest BCUT2D eigenvalue weighted by atomic mass is 9.82. The molecule has 6 aromatic rings. The highest BCUT2D eigenvalue weighted by Gasteiger charge is 2.54. The van der Waals surface area contributed by atoms with Gasteiger partial charge in [0.1, 0.15) is 23.7 Å². The quantitative estimate of drug-likeness (QED) is 0.140. The van der Waals surface area contributed by atoms with Gasteiger partial charge in [-0.1, -0.05) is 158 Å². The molecule has 0 saturated carbocycles. The Hall–Kier alpha value is -4.38. The lowest BCUT2D eigenvalue weighted by Crippen LogP contribution is -2.36. The average Bonchev–Trinajstić information content (AvgIpc) is 3.69. The Kier molecular flexibility index (Phi) is 9.24. The van der Waals surface area contributed by atoms with Crippen molar-refractivity contribution >= 4 is 17.2 Å². The number of hydrogen-bond donors (Lipinski definition) is 0. The van der Waals surface area contributed by atoms with Crippen molar-refractivity contribution in [2.75, 3.05) is 0 Å². The van der Waals surface area contributed by atoms with E-state index in [0.29, 0.717) is 11.5 Å². The van der Waals surface area contributed by atoms with Gasteiger partial charge in [0.2, 0.25) is 0 Å². The molecule has 6 aromatic carbocycles. The molecule has 2 aliphatic heterocycles. The first-order chi connectivity index (χ1) is 24.6. The Balaban J connectivity index is 1.09. The molecule has 6 nitrogen and oxygen atoms in total. The number of rotatable bonds is 9. The van der Waals surface area contributed by atoms with E-state index in [-0.39, 0.29) is 12.2 Å². The molecular weight excluding hydrogens is 662 g/mol. The van der Waals surface area contributed by atoms with Crippen molar-refractivity contribution in [2.45, 2.75) is 37.3 Å². The lowest BCUT2D eigenvalue weighted by molar-refractivity contribution is 0.0849. The van der Waals surface area contributed by atoms with Gasteiger partial charge in [-0.05, 0) is 48.2 Å². The van der Waals surface area contributed by atoms with E-state index in [1.807, 2.05) is 135 Å². The molecule has 0 amide bonds. The molecular formula is C42H36O6P2. The highest BCUT2D eigenvalue weighted by Crippen LogP contribution is 2.62. The molecule has 0 radical (unpaired) electrons. The SMILES string of the molecule is CC1OP(Oc2ccccc2-c2ccccc2OP2OC(C)C(c3ccccc3)(c3ccccc3)O2)OC1(c1ccccc1)c1ccccc1. The Labute approximate surface area is 295 Å².